The van der Waals surface area contributed by atoms with Gasteiger partial charge in [0.15, 0.2) is 0 Å². The third-order valence-corrected chi connectivity index (χ3v) is 2.02. The van der Waals surface area contributed by atoms with Gasteiger partial charge in [0.05, 0.1) is 10.0 Å². The second-order valence-corrected chi connectivity index (χ2v) is 3.44. The Bertz CT molecular complexity index is 348. The zero-order valence-electron chi connectivity index (χ0n) is 6.41. The molecule has 1 aromatic carbocycles. The molecule has 60 valence electrons. The maximum atomic E-state index is 12.2. The molecule has 6 heteroatoms. The predicted molar refractivity (Wildman–Crippen MR) is 37.9 cm³/mol. The second-order valence-electron chi connectivity index (χ2n) is 1.96. The van der Waals surface area contributed by atoms with Crippen molar-refractivity contribution >= 4 is 10.0 Å². The standard InChI is InChI=1S/C6H5FNO2S.K/c7-5-1-3-6(4-2-5)11(8,9)10;/h1-4H,(H-,8,9,10);/q-1;+1. The van der Waals surface area contributed by atoms with Crippen LogP contribution >= 0.6 is 0 Å². The Kier molecular flexibility index (Phi) is 5.08. The Labute approximate surface area is 113 Å². The van der Waals surface area contributed by atoms with Crippen LogP contribution in [0.15, 0.2) is 29.2 Å². The van der Waals surface area contributed by atoms with Gasteiger partial charge in [0.2, 0.25) is 0 Å². The van der Waals surface area contributed by atoms with Crippen molar-refractivity contribution in [3.05, 3.63) is 35.2 Å². The van der Waals surface area contributed by atoms with Gasteiger partial charge in [0.1, 0.15) is 5.82 Å². The van der Waals surface area contributed by atoms with Crippen LogP contribution in [0.4, 0.5) is 4.39 Å². The predicted octanol–water partition coefficient (Wildman–Crippen LogP) is -1.43. The fourth-order valence-corrected chi connectivity index (χ4v) is 1.11. The summed E-state index contributed by atoms with van der Waals surface area (Å²) in [6.07, 6.45) is 0. The molecule has 0 amide bonds. The van der Waals surface area contributed by atoms with E-state index in [-0.39, 0.29) is 56.3 Å². The maximum Gasteiger partial charge on any atom is 1.00 e. The van der Waals surface area contributed by atoms with Crippen LogP contribution in [0.3, 0.4) is 0 Å². The summed E-state index contributed by atoms with van der Waals surface area (Å²) in [7, 11) is -3.94. The van der Waals surface area contributed by atoms with Crippen molar-refractivity contribution in [2.24, 2.45) is 0 Å². The van der Waals surface area contributed by atoms with Gasteiger partial charge in [0, 0.05) is 4.90 Å². The molecule has 3 nitrogen and oxygen atoms in total. The van der Waals surface area contributed by atoms with Gasteiger partial charge >= 0.3 is 51.4 Å². The first-order valence-corrected chi connectivity index (χ1v) is 4.24. The molecule has 0 saturated carbocycles. The first-order valence-electron chi connectivity index (χ1n) is 2.75. The van der Waals surface area contributed by atoms with Gasteiger partial charge in [-0.25, -0.2) is 12.8 Å². The third kappa shape index (κ3) is 3.61. The Morgan fingerprint density at radius 3 is 1.92 bits per heavy atom. The van der Waals surface area contributed by atoms with E-state index in [0.717, 1.165) is 24.3 Å². The quantitative estimate of drug-likeness (QED) is 0.537. The molecule has 0 bridgehead atoms. The Morgan fingerprint density at radius 1 is 1.17 bits per heavy atom. The van der Waals surface area contributed by atoms with Crippen molar-refractivity contribution in [1.29, 1.82) is 0 Å². The average Bonchev–Trinajstić information content (AvgIpc) is 1.86. The van der Waals surface area contributed by atoms with Crippen LogP contribution in [-0.4, -0.2) is 8.42 Å². The topological polar surface area (TPSA) is 57.9 Å². The number of halogens is 1. The molecule has 0 aliphatic rings. The Hall–Kier alpha value is 0.696. The first-order chi connectivity index (χ1) is 5.00. The second kappa shape index (κ2) is 4.80. The maximum absolute atomic E-state index is 12.2. The number of sulfonamides is 1. The summed E-state index contributed by atoms with van der Waals surface area (Å²) in [6.45, 7) is 0. The summed E-state index contributed by atoms with van der Waals surface area (Å²) >= 11 is 0. The van der Waals surface area contributed by atoms with Crippen molar-refractivity contribution in [2.45, 2.75) is 4.90 Å². The molecular weight excluding hydrogens is 208 g/mol. The summed E-state index contributed by atoms with van der Waals surface area (Å²) < 4.78 is 33.2. The molecule has 0 unspecified atom stereocenters. The minimum absolute atomic E-state index is 0. The van der Waals surface area contributed by atoms with Crippen molar-refractivity contribution in [2.75, 3.05) is 0 Å². The van der Waals surface area contributed by atoms with Crippen LogP contribution in [0.2, 0.25) is 0 Å². The van der Waals surface area contributed by atoms with E-state index in [1.165, 1.54) is 0 Å². The zero-order chi connectivity index (χ0) is 8.48. The van der Waals surface area contributed by atoms with E-state index in [9.17, 15) is 12.8 Å². The fourth-order valence-electron chi connectivity index (χ4n) is 0.614. The SMILES string of the molecule is [K+].[NH-]S(=O)(=O)c1ccc(F)cc1. The third-order valence-electron chi connectivity index (χ3n) is 1.12. The van der Waals surface area contributed by atoms with E-state index < -0.39 is 15.8 Å². The molecule has 0 aliphatic heterocycles. The van der Waals surface area contributed by atoms with Crippen LogP contribution < -0.4 is 51.4 Å². The van der Waals surface area contributed by atoms with Crippen LogP contribution in [-0.2, 0) is 10.0 Å². The van der Waals surface area contributed by atoms with Gasteiger partial charge in [0.25, 0.3) is 0 Å². The van der Waals surface area contributed by atoms with E-state index in [1.807, 2.05) is 0 Å². The van der Waals surface area contributed by atoms with Crippen molar-refractivity contribution in [3.63, 3.8) is 0 Å². The summed E-state index contributed by atoms with van der Waals surface area (Å²) in [5.41, 5.74) is 0. The van der Waals surface area contributed by atoms with Gasteiger partial charge in [-0.1, -0.05) is 0 Å². The number of hydrogen-bond donors (Lipinski definition) is 0. The minimum Gasteiger partial charge on any atom is -0.560 e. The van der Waals surface area contributed by atoms with Gasteiger partial charge in [-0.05, 0) is 24.3 Å². The molecule has 0 heterocycles. The van der Waals surface area contributed by atoms with Gasteiger partial charge in [-0.15, -0.1) is 0 Å². The van der Waals surface area contributed by atoms with Gasteiger partial charge in [-0.3, -0.25) is 0 Å². The molecule has 0 fully saturated rings. The molecule has 0 aromatic heterocycles. The van der Waals surface area contributed by atoms with Crippen molar-refractivity contribution < 1.29 is 64.2 Å². The average molecular weight is 213 g/mol. The van der Waals surface area contributed by atoms with E-state index in [2.05, 4.69) is 0 Å². The smallest absolute Gasteiger partial charge is 0.560 e. The summed E-state index contributed by atoms with van der Waals surface area (Å²) in [5.74, 6) is -0.516. The van der Waals surface area contributed by atoms with E-state index in [1.54, 1.807) is 0 Å². The molecule has 1 N–H and O–H groups in total. The van der Waals surface area contributed by atoms with Crippen molar-refractivity contribution in [3.8, 4) is 0 Å². The summed E-state index contributed by atoms with van der Waals surface area (Å²) in [6, 6.07) is 4.11. The summed E-state index contributed by atoms with van der Waals surface area (Å²) in [5, 5.41) is 6.59. The first kappa shape index (κ1) is 12.7. The molecule has 0 atom stereocenters. The van der Waals surface area contributed by atoms with E-state index >= 15 is 0 Å². The molecule has 12 heavy (non-hydrogen) atoms. The monoisotopic (exact) mass is 213 g/mol. The number of benzene rings is 1. The molecule has 0 aliphatic carbocycles. The molecule has 0 saturated heterocycles. The molecule has 1 rings (SSSR count). The minimum atomic E-state index is -3.94. The normalized spacial score (nSPS) is 10.5. The van der Waals surface area contributed by atoms with Gasteiger partial charge < -0.3 is 5.14 Å². The Morgan fingerprint density at radius 2 is 1.58 bits per heavy atom. The number of hydrogen-bond acceptors (Lipinski definition) is 2. The molecule has 0 spiro atoms. The van der Waals surface area contributed by atoms with Crippen LogP contribution in [0, 0.1) is 5.82 Å². The zero-order valence-corrected chi connectivity index (χ0v) is 10.4. The summed E-state index contributed by atoms with van der Waals surface area (Å²) in [4.78, 5) is -0.195. The van der Waals surface area contributed by atoms with Crippen molar-refractivity contribution in [1.82, 2.24) is 0 Å². The largest absolute Gasteiger partial charge is 1.00 e. The molecule has 0 radical (unpaired) electrons. The molecular formula is C6H5FKNO2S. The van der Waals surface area contributed by atoms with E-state index in [4.69, 9.17) is 5.14 Å². The molecule has 1 aromatic rings. The van der Waals surface area contributed by atoms with Crippen LogP contribution in [0.25, 0.3) is 5.14 Å². The fraction of sp³-hybridized carbons (Fsp3) is 0. The Balaban J connectivity index is 0.00000121. The van der Waals surface area contributed by atoms with Crippen LogP contribution in [0.5, 0.6) is 0 Å². The van der Waals surface area contributed by atoms with Crippen LogP contribution in [0.1, 0.15) is 0 Å². The number of nitrogens with one attached hydrogen (secondary N) is 1. The number of rotatable bonds is 1. The van der Waals surface area contributed by atoms with E-state index in [0.29, 0.717) is 0 Å². The van der Waals surface area contributed by atoms with Gasteiger partial charge in [-0.2, -0.15) is 0 Å².